The number of unbranched alkanes of at least 4 members (excludes halogenated alkanes) is 17. The van der Waals surface area contributed by atoms with Crippen molar-refractivity contribution in [1.29, 1.82) is 0 Å². The van der Waals surface area contributed by atoms with Gasteiger partial charge in [-0.15, -0.1) is 0 Å². The van der Waals surface area contributed by atoms with Crippen LogP contribution in [-0.4, -0.2) is 11.9 Å². The minimum absolute atomic E-state index is 0.349. The van der Waals surface area contributed by atoms with Crippen LogP contribution in [0.3, 0.4) is 0 Å². The van der Waals surface area contributed by atoms with Crippen LogP contribution in [0.15, 0.2) is 36.5 Å². The molecule has 0 amide bonds. The zero-order valence-electron chi connectivity index (χ0n) is 24.7. The number of carbonyl (C=O) groups excluding carboxylic acids is 2. The highest BCUT2D eigenvalue weighted by Crippen LogP contribution is 2.11. The Balaban J connectivity index is 3.41. The predicted molar refractivity (Wildman–Crippen MR) is 161 cm³/mol. The fourth-order valence-electron chi connectivity index (χ4n) is 4.30. The molecule has 0 aliphatic heterocycles. The molecular formula is C34H60O3. The van der Waals surface area contributed by atoms with Gasteiger partial charge in [0, 0.05) is 12.8 Å². The van der Waals surface area contributed by atoms with E-state index in [-0.39, 0.29) is 11.9 Å². The normalized spacial score (nSPS) is 11.8. The molecule has 214 valence electrons. The molecular weight excluding hydrogens is 456 g/mol. The second-order valence-electron chi connectivity index (χ2n) is 10.5. The molecule has 0 aliphatic rings. The second-order valence-corrected chi connectivity index (χ2v) is 10.5. The van der Waals surface area contributed by atoms with Crippen molar-refractivity contribution in [3.63, 3.8) is 0 Å². The third-order valence-corrected chi connectivity index (χ3v) is 6.70. The molecule has 0 aromatic carbocycles. The standard InChI is InChI=1S/C34H60O3/c1-3-5-7-9-11-13-15-17-18-20-22-24-26-28-30-32-34(36)37-33(35)31-29-27-25-23-21-19-16-14-12-10-8-6-4-2/h11,13-14,16-18H,3-10,12,15,19-32H2,1-2H3/b13-11-,16-14?,18-17-. The van der Waals surface area contributed by atoms with Gasteiger partial charge in [-0.05, 0) is 70.6 Å². The first kappa shape index (κ1) is 35.4. The van der Waals surface area contributed by atoms with Gasteiger partial charge in [0.15, 0.2) is 0 Å². The zero-order valence-corrected chi connectivity index (χ0v) is 24.7. The van der Waals surface area contributed by atoms with Gasteiger partial charge in [0.05, 0.1) is 0 Å². The Morgan fingerprint density at radius 2 is 0.757 bits per heavy atom. The molecule has 3 heteroatoms. The van der Waals surface area contributed by atoms with Crippen LogP contribution in [0.2, 0.25) is 0 Å². The summed E-state index contributed by atoms with van der Waals surface area (Å²) >= 11 is 0. The summed E-state index contributed by atoms with van der Waals surface area (Å²) in [6, 6.07) is 0. The van der Waals surface area contributed by atoms with Crippen molar-refractivity contribution in [2.24, 2.45) is 0 Å². The van der Waals surface area contributed by atoms with Gasteiger partial charge in [-0.2, -0.15) is 0 Å². The Hall–Kier alpha value is -1.64. The fourth-order valence-corrected chi connectivity index (χ4v) is 4.30. The molecule has 0 aromatic rings. The molecule has 0 N–H and O–H groups in total. The monoisotopic (exact) mass is 516 g/mol. The van der Waals surface area contributed by atoms with Gasteiger partial charge in [0.1, 0.15) is 0 Å². The Morgan fingerprint density at radius 1 is 0.432 bits per heavy atom. The lowest BCUT2D eigenvalue weighted by Gasteiger charge is -2.04. The lowest BCUT2D eigenvalue weighted by atomic mass is 10.1. The molecule has 0 aromatic heterocycles. The van der Waals surface area contributed by atoms with Gasteiger partial charge in [0.2, 0.25) is 0 Å². The first-order chi connectivity index (χ1) is 18.2. The Morgan fingerprint density at radius 3 is 1.22 bits per heavy atom. The van der Waals surface area contributed by atoms with E-state index in [2.05, 4.69) is 50.3 Å². The number of rotatable bonds is 27. The van der Waals surface area contributed by atoms with Crippen molar-refractivity contribution in [2.75, 3.05) is 0 Å². The summed E-state index contributed by atoms with van der Waals surface area (Å²) in [6.45, 7) is 4.49. The van der Waals surface area contributed by atoms with Gasteiger partial charge in [0.25, 0.3) is 0 Å². The second kappa shape index (κ2) is 30.6. The third-order valence-electron chi connectivity index (χ3n) is 6.70. The summed E-state index contributed by atoms with van der Waals surface area (Å²) < 4.78 is 4.97. The molecule has 0 atom stereocenters. The van der Waals surface area contributed by atoms with E-state index in [0.717, 1.165) is 51.4 Å². The number of allylic oxidation sites excluding steroid dienone is 6. The third kappa shape index (κ3) is 30.5. The molecule has 37 heavy (non-hydrogen) atoms. The number of hydrogen-bond donors (Lipinski definition) is 0. The Labute approximate surface area is 230 Å². The molecule has 3 nitrogen and oxygen atoms in total. The molecule has 0 saturated heterocycles. The number of ether oxygens (including phenoxy) is 1. The van der Waals surface area contributed by atoms with Gasteiger partial charge in [-0.3, -0.25) is 9.59 Å². The first-order valence-corrected chi connectivity index (χ1v) is 15.9. The number of esters is 2. The summed E-state index contributed by atoms with van der Waals surface area (Å²) in [6.07, 6.45) is 40.4. The summed E-state index contributed by atoms with van der Waals surface area (Å²) in [5.74, 6) is -0.698. The van der Waals surface area contributed by atoms with Crippen LogP contribution in [0.1, 0.15) is 168 Å². The number of carbonyl (C=O) groups is 2. The molecule has 0 saturated carbocycles. The summed E-state index contributed by atoms with van der Waals surface area (Å²) in [5.41, 5.74) is 0. The smallest absolute Gasteiger partial charge is 0.313 e. The van der Waals surface area contributed by atoms with Crippen molar-refractivity contribution in [2.45, 2.75) is 168 Å². The lowest BCUT2D eigenvalue weighted by molar-refractivity contribution is -0.159. The van der Waals surface area contributed by atoms with E-state index in [4.69, 9.17) is 4.74 Å². The topological polar surface area (TPSA) is 43.4 Å². The highest BCUT2D eigenvalue weighted by molar-refractivity contribution is 5.85. The van der Waals surface area contributed by atoms with E-state index in [9.17, 15) is 9.59 Å². The van der Waals surface area contributed by atoms with E-state index in [1.807, 2.05) is 0 Å². The van der Waals surface area contributed by atoms with Crippen molar-refractivity contribution < 1.29 is 14.3 Å². The van der Waals surface area contributed by atoms with Crippen LogP contribution < -0.4 is 0 Å². The Bertz CT molecular complexity index is 588. The average molecular weight is 517 g/mol. The maximum Gasteiger partial charge on any atom is 0.313 e. The largest absolute Gasteiger partial charge is 0.393 e. The molecule has 0 fully saturated rings. The lowest BCUT2D eigenvalue weighted by Crippen LogP contribution is -2.11. The maximum absolute atomic E-state index is 11.9. The van der Waals surface area contributed by atoms with Gasteiger partial charge < -0.3 is 4.74 Å². The molecule has 0 rings (SSSR count). The highest BCUT2D eigenvalue weighted by Gasteiger charge is 2.09. The summed E-state index contributed by atoms with van der Waals surface area (Å²) in [4.78, 5) is 23.7. The van der Waals surface area contributed by atoms with E-state index in [1.165, 1.54) is 89.9 Å². The van der Waals surface area contributed by atoms with Crippen molar-refractivity contribution >= 4 is 11.9 Å². The average Bonchev–Trinajstić information content (AvgIpc) is 2.89. The van der Waals surface area contributed by atoms with E-state index < -0.39 is 0 Å². The SMILES string of the molecule is CCCCC/C=C\C/C=C\CCCCCCCC(=O)OC(=O)CCCCCCCC=CCCCCCC. The zero-order chi connectivity index (χ0) is 27.1. The van der Waals surface area contributed by atoms with Crippen LogP contribution in [0, 0.1) is 0 Å². The van der Waals surface area contributed by atoms with E-state index in [0.29, 0.717) is 12.8 Å². The minimum Gasteiger partial charge on any atom is -0.393 e. The van der Waals surface area contributed by atoms with Crippen molar-refractivity contribution in [3.05, 3.63) is 36.5 Å². The summed E-state index contributed by atoms with van der Waals surface area (Å²) in [7, 11) is 0. The Kier molecular flexibility index (Phi) is 29.2. The van der Waals surface area contributed by atoms with E-state index in [1.54, 1.807) is 0 Å². The molecule has 0 aliphatic carbocycles. The summed E-state index contributed by atoms with van der Waals surface area (Å²) in [5, 5.41) is 0. The van der Waals surface area contributed by atoms with Crippen LogP contribution in [0.4, 0.5) is 0 Å². The molecule has 0 spiro atoms. The van der Waals surface area contributed by atoms with Gasteiger partial charge in [-0.25, -0.2) is 0 Å². The van der Waals surface area contributed by atoms with Crippen molar-refractivity contribution in [1.82, 2.24) is 0 Å². The van der Waals surface area contributed by atoms with Crippen LogP contribution in [-0.2, 0) is 14.3 Å². The van der Waals surface area contributed by atoms with Crippen molar-refractivity contribution in [3.8, 4) is 0 Å². The van der Waals surface area contributed by atoms with Gasteiger partial charge >= 0.3 is 11.9 Å². The quantitative estimate of drug-likeness (QED) is 0.0472. The fraction of sp³-hybridized carbons (Fsp3) is 0.765. The highest BCUT2D eigenvalue weighted by atomic mass is 16.6. The minimum atomic E-state index is -0.350. The number of hydrogen-bond acceptors (Lipinski definition) is 3. The van der Waals surface area contributed by atoms with Gasteiger partial charge in [-0.1, -0.05) is 121 Å². The molecule has 0 unspecified atom stereocenters. The van der Waals surface area contributed by atoms with Crippen LogP contribution >= 0.6 is 0 Å². The van der Waals surface area contributed by atoms with E-state index >= 15 is 0 Å². The molecule has 0 bridgehead atoms. The maximum atomic E-state index is 11.9. The van der Waals surface area contributed by atoms with Crippen LogP contribution in [0.25, 0.3) is 0 Å². The van der Waals surface area contributed by atoms with Crippen LogP contribution in [0.5, 0.6) is 0 Å². The molecule has 0 radical (unpaired) electrons. The predicted octanol–water partition coefficient (Wildman–Crippen LogP) is 11.1. The first-order valence-electron chi connectivity index (χ1n) is 15.9. The molecule has 0 heterocycles.